The second-order valence-corrected chi connectivity index (χ2v) is 5.05. The Bertz CT molecular complexity index is 388. The lowest BCUT2D eigenvalue weighted by atomic mass is 9.91. The molecule has 1 rings (SSSR count). The Morgan fingerprint density at radius 3 is 2.56 bits per heavy atom. The van der Waals surface area contributed by atoms with Crippen LogP contribution in [0.5, 0.6) is 0 Å². The van der Waals surface area contributed by atoms with Gasteiger partial charge in [0, 0.05) is 12.5 Å². The molecule has 1 aromatic rings. The predicted molar refractivity (Wildman–Crippen MR) is 75.5 cm³/mol. The molecule has 0 radical (unpaired) electrons. The maximum absolute atomic E-state index is 11.6. The van der Waals surface area contributed by atoms with E-state index < -0.39 is 0 Å². The third kappa shape index (κ3) is 4.49. The normalized spacial score (nSPS) is 12.5. The van der Waals surface area contributed by atoms with Gasteiger partial charge in [-0.3, -0.25) is 4.79 Å². The van der Waals surface area contributed by atoms with Crippen LogP contribution < -0.4 is 11.1 Å². The number of carbonyl (C=O) groups excluding carboxylic acids is 1. The van der Waals surface area contributed by atoms with E-state index >= 15 is 0 Å². The summed E-state index contributed by atoms with van der Waals surface area (Å²) in [7, 11) is 0. The van der Waals surface area contributed by atoms with Crippen molar-refractivity contribution in [2.75, 3.05) is 6.54 Å². The Labute approximate surface area is 110 Å². The molecule has 100 valence electrons. The number of nitrogens with two attached hydrogens (primary N) is 1. The molecule has 1 amide bonds. The van der Waals surface area contributed by atoms with Crippen molar-refractivity contribution < 1.29 is 4.79 Å². The van der Waals surface area contributed by atoms with E-state index in [4.69, 9.17) is 5.73 Å². The number of benzene rings is 1. The lowest BCUT2D eigenvalue weighted by Crippen LogP contribution is -2.30. The van der Waals surface area contributed by atoms with E-state index in [0.29, 0.717) is 13.0 Å². The monoisotopic (exact) mass is 248 g/mol. The van der Waals surface area contributed by atoms with E-state index in [1.165, 1.54) is 11.1 Å². The van der Waals surface area contributed by atoms with Crippen LogP contribution in [0.1, 0.15) is 43.7 Å². The Kier molecular flexibility index (Phi) is 5.86. The number of carbonyl (C=O) groups is 1. The fourth-order valence-corrected chi connectivity index (χ4v) is 2.14. The minimum atomic E-state index is 0.108. The number of aryl methyl sites for hydroxylation is 1. The third-order valence-electron chi connectivity index (χ3n) is 3.08. The minimum Gasteiger partial charge on any atom is -0.354 e. The van der Waals surface area contributed by atoms with Crippen molar-refractivity contribution in [3.63, 3.8) is 0 Å². The molecule has 0 aliphatic heterocycles. The molecular formula is C15H24N2O. The number of nitrogens with one attached hydrogen (secondary N) is 1. The van der Waals surface area contributed by atoms with Gasteiger partial charge in [-0.1, -0.05) is 24.3 Å². The first kappa shape index (κ1) is 14.7. The van der Waals surface area contributed by atoms with Gasteiger partial charge in [0.1, 0.15) is 0 Å². The maximum atomic E-state index is 11.6. The van der Waals surface area contributed by atoms with Crippen molar-refractivity contribution in [1.29, 1.82) is 0 Å². The SMILES string of the molecule is Cc1ccccc1C(CN)CCC(=O)NC(C)C. The molecule has 0 spiro atoms. The lowest BCUT2D eigenvalue weighted by Gasteiger charge is -2.17. The van der Waals surface area contributed by atoms with Crippen LogP contribution in [0.25, 0.3) is 0 Å². The highest BCUT2D eigenvalue weighted by atomic mass is 16.1. The van der Waals surface area contributed by atoms with E-state index in [0.717, 1.165) is 6.42 Å². The van der Waals surface area contributed by atoms with Gasteiger partial charge in [0.15, 0.2) is 0 Å². The third-order valence-corrected chi connectivity index (χ3v) is 3.08. The van der Waals surface area contributed by atoms with Crippen molar-refractivity contribution in [2.45, 2.75) is 45.6 Å². The van der Waals surface area contributed by atoms with Gasteiger partial charge in [-0.15, -0.1) is 0 Å². The summed E-state index contributed by atoms with van der Waals surface area (Å²) in [5.74, 6) is 0.376. The number of hydrogen-bond donors (Lipinski definition) is 2. The molecule has 0 aliphatic carbocycles. The van der Waals surface area contributed by atoms with Crippen LogP contribution in [-0.2, 0) is 4.79 Å². The van der Waals surface area contributed by atoms with Crippen LogP contribution in [0.3, 0.4) is 0 Å². The average Bonchev–Trinajstić information content (AvgIpc) is 2.31. The topological polar surface area (TPSA) is 55.1 Å². The summed E-state index contributed by atoms with van der Waals surface area (Å²) in [4.78, 5) is 11.6. The van der Waals surface area contributed by atoms with Gasteiger partial charge in [-0.25, -0.2) is 0 Å². The Morgan fingerprint density at radius 1 is 1.33 bits per heavy atom. The van der Waals surface area contributed by atoms with Crippen LogP contribution in [0.15, 0.2) is 24.3 Å². The smallest absolute Gasteiger partial charge is 0.220 e. The summed E-state index contributed by atoms with van der Waals surface area (Å²) in [6, 6.07) is 8.45. The Balaban J connectivity index is 2.58. The van der Waals surface area contributed by atoms with Crippen molar-refractivity contribution in [3.8, 4) is 0 Å². The quantitative estimate of drug-likeness (QED) is 0.812. The molecule has 3 nitrogen and oxygen atoms in total. The number of hydrogen-bond acceptors (Lipinski definition) is 2. The zero-order valence-electron chi connectivity index (χ0n) is 11.6. The van der Waals surface area contributed by atoms with Crippen LogP contribution >= 0.6 is 0 Å². The molecule has 3 N–H and O–H groups in total. The highest BCUT2D eigenvalue weighted by molar-refractivity contribution is 5.76. The van der Waals surface area contributed by atoms with Gasteiger partial charge in [-0.05, 0) is 50.8 Å². The average molecular weight is 248 g/mol. The Hall–Kier alpha value is -1.35. The fraction of sp³-hybridized carbons (Fsp3) is 0.533. The molecule has 1 unspecified atom stereocenters. The maximum Gasteiger partial charge on any atom is 0.220 e. The molecule has 3 heteroatoms. The summed E-state index contributed by atoms with van der Waals surface area (Å²) in [6.45, 7) is 6.62. The summed E-state index contributed by atoms with van der Waals surface area (Å²) in [6.07, 6.45) is 1.34. The largest absolute Gasteiger partial charge is 0.354 e. The standard InChI is InChI=1S/C15H24N2O/c1-11(2)17-15(18)9-8-13(10-16)14-7-5-4-6-12(14)3/h4-7,11,13H,8-10,16H2,1-3H3,(H,17,18). The second kappa shape index (κ2) is 7.17. The first-order chi connectivity index (χ1) is 8.54. The fourth-order valence-electron chi connectivity index (χ4n) is 2.14. The number of amides is 1. The highest BCUT2D eigenvalue weighted by Gasteiger charge is 2.14. The van der Waals surface area contributed by atoms with E-state index in [1.807, 2.05) is 26.0 Å². The first-order valence-electron chi connectivity index (χ1n) is 6.59. The molecule has 1 aromatic carbocycles. The molecule has 0 heterocycles. The van der Waals surface area contributed by atoms with Crippen LogP contribution in [0.4, 0.5) is 0 Å². The van der Waals surface area contributed by atoms with Gasteiger partial charge in [0.2, 0.25) is 5.91 Å². The second-order valence-electron chi connectivity index (χ2n) is 5.05. The summed E-state index contributed by atoms with van der Waals surface area (Å²) >= 11 is 0. The molecule has 0 fully saturated rings. The summed E-state index contributed by atoms with van der Waals surface area (Å²) < 4.78 is 0. The van der Waals surface area contributed by atoms with Gasteiger partial charge < -0.3 is 11.1 Å². The molecule has 18 heavy (non-hydrogen) atoms. The van der Waals surface area contributed by atoms with Gasteiger partial charge in [-0.2, -0.15) is 0 Å². The lowest BCUT2D eigenvalue weighted by molar-refractivity contribution is -0.121. The molecule has 0 aromatic heterocycles. The van der Waals surface area contributed by atoms with Crippen LogP contribution in [-0.4, -0.2) is 18.5 Å². The zero-order valence-corrected chi connectivity index (χ0v) is 11.6. The van der Waals surface area contributed by atoms with E-state index in [2.05, 4.69) is 24.4 Å². The molecule has 0 aliphatic rings. The van der Waals surface area contributed by atoms with Crippen molar-refractivity contribution in [1.82, 2.24) is 5.32 Å². The van der Waals surface area contributed by atoms with Gasteiger partial charge >= 0.3 is 0 Å². The van der Waals surface area contributed by atoms with E-state index in [9.17, 15) is 4.79 Å². The minimum absolute atomic E-state index is 0.108. The summed E-state index contributed by atoms with van der Waals surface area (Å²) in [5.41, 5.74) is 8.34. The number of rotatable bonds is 6. The van der Waals surface area contributed by atoms with Crippen molar-refractivity contribution in [3.05, 3.63) is 35.4 Å². The molecule has 0 saturated carbocycles. The van der Waals surface area contributed by atoms with Crippen molar-refractivity contribution >= 4 is 5.91 Å². The van der Waals surface area contributed by atoms with Gasteiger partial charge in [0.05, 0.1) is 0 Å². The van der Waals surface area contributed by atoms with Gasteiger partial charge in [0.25, 0.3) is 0 Å². The Morgan fingerprint density at radius 2 is 2.00 bits per heavy atom. The summed E-state index contributed by atoms with van der Waals surface area (Å²) in [5, 5.41) is 2.91. The molecule has 1 atom stereocenters. The molecular weight excluding hydrogens is 224 g/mol. The zero-order chi connectivity index (χ0) is 13.5. The molecule has 0 saturated heterocycles. The van der Waals surface area contributed by atoms with E-state index in [1.54, 1.807) is 0 Å². The van der Waals surface area contributed by atoms with Crippen LogP contribution in [0.2, 0.25) is 0 Å². The van der Waals surface area contributed by atoms with Crippen molar-refractivity contribution in [2.24, 2.45) is 5.73 Å². The van der Waals surface area contributed by atoms with Crippen LogP contribution in [0, 0.1) is 6.92 Å². The van der Waals surface area contributed by atoms with E-state index in [-0.39, 0.29) is 17.9 Å². The molecule has 0 bridgehead atoms. The first-order valence-corrected chi connectivity index (χ1v) is 6.59. The highest BCUT2D eigenvalue weighted by Crippen LogP contribution is 2.23. The predicted octanol–water partition coefficient (Wildman–Crippen LogP) is 2.34.